The zero-order chi connectivity index (χ0) is 10.7. The van der Waals surface area contributed by atoms with Crippen LogP contribution in [-0.4, -0.2) is 15.8 Å². The van der Waals surface area contributed by atoms with E-state index in [1.807, 2.05) is 19.9 Å². The predicted molar refractivity (Wildman–Crippen MR) is 53.8 cm³/mol. The second-order valence-electron chi connectivity index (χ2n) is 3.52. The number of hydrogen-bond donors (Lipinski definition) is 1. The van der Waals surface area contributed by atoms with Crippen LogP contribution in [0.15, 0.2) is 6.07 Å². The summed E-state index contributed by atoms with van der Waals surface area (Å²) in [6.45, 7) is 5.26. The molecular weight excluding hydrogens is 178 g/mol. The lowest BCUT2D eigenvalue weighted by Crippen LogP contribution is -2.12. The predicted octanol–water partition coefficient (Wildman–Crippen LogP) is 0.936. The Morgan fingerprint density at radius 2 is 2.21 bits per heavy atom. The Bertz CT molecular complexity index is 347. The summed E-state index contributed by atoms with van der Waals surface area (Å²) in [5.41, 5.74) is 7.34. The smallest absolute Gasteiger partial charge is 0.137 e. The highest BCUT2D eigenvalue weighted by molar-refractivity contribution is 5.77. The molecule has 4 nitrogen and oxygen atoms in total. The van der Waals surface area contributed by atoms with Crippen LogP contribution in [0.1, 0.15) is 37.1 Å². The van der Waals surface area contributed by atoms with Gasteiger partial charge in [0.05, 0.1) is 12.1 Å². The first kappa shape index (κ1) is 10.8. The van der Waals surface area contributed by atoms with Gasteiger partial charge in [-0.1, -0.05) is 0 Å². The molecule has 1 atom stereocenters. The molecule has 0 aliphatic rings. The summed E-state index contributed by atoms with van der Waals surface area (Å²) in [6.07, 6.45) is 0.279. The first-order valence-corrected chi connectivity index (χ1v) is 4.58. The topological polar surface area (TPSA) is 68.9 Å². The van der Waals surface area contributed by atoms with Crippen molar-refractivity contribution in [1.29, 1.82) is 0 Å². The van der Waals surface area contributed by atoms with Crippen LogP contribution in [0.3, 0.4) is 0 Å². The summed E-state index contributed by atoms with van der Waals surface area (Å²) in [4.78, 5) is 19.3. The van der Waals surface area contributed by atoms with Gasteiger partial charge in [-0.15, -0.1) is 0 Å². The zero-order valence-corrected chi connectivity index (χ0v) is 8.74. The number of hydrogen-bond acceptors (Lipinski definition) is 4. The largest absolute Gasteiger partial charge is 0.323 e. The van der Waals surface area contributed by atoms with Crippen molar-refractivity contribution < 1.29 is 4.79 Å². The highest BCUT2D eigenvalue weighted by Gasteiger charge is 2.07. The number of aryl methyl sites for hydroxylation is 1. The third-order valence-electron chi connectivity index (χ3n) is 1.79. The summed E-state index contributed by atoms with van der Waals surface area (Å²) in [6, 6.07) is 1.72. The number of nitrogens with two attached hydrogens (primary N) is 1. The Morgan fingerprint density at radius 3 is 2.71 bits per heavy atom. The van der Waals surface area contributed by atoms with Gasteiger partial charge >= 0.3 is 0 Å². The van der Waals surface area contributed by atoms with Gasteiger partial charge in [-0.3, -0.25) is 4.79 Å². The number of carbonyl (C=O) groups excluding carboxylic acids is 1. The SMILES string of the molecule is CC(=O)Cc1nc(C)cc(C(C)N)n1. The van der Waals surface area contributed by atoms with Crippen LogP contribution >= 0.6 is 0 Å². The number of nitrogens with zero attached hydrogens (tertiary/aromatic N) is 2. The molecule has 1 aromatic heterocycles. The highest BCUT2D eigenvalue weighted by Crippen LogP contribution is 2.08. The van der Waals surface area contributed by atoms with Crippen LogP contribution in [0.4, 0.5) is 0 Å². The molecule has 0 saturated carbocycles. The molecule has 1 rings (SSSR count). The minimum absolute atomic E-state index is 0.0613. The summed E-state index contributed by atoms with van der Waals surface area (Å²) in [5.74, 6) is 0.621. The molecule has 2 N–H and O–H groups in total. The second-order valence-corrected chi connectivity index (χ2v) is 3.52. The van der Waals surface area contributed by atoms with Crippen LogP contribution in [0.5, 0.6) is 0 Å². The summed E-state index contributed by atoms with van der Waals surface area (Å²) < 4.78 is 0. The van der Waals surface area contributed by atoms with E-state index in [-0.39, 0.29) is 18.2 Å². The third-order valence-corrected chi connectivity index (χ3v) is 1.79. The van der Waals surface area contributed by atoms with Gasteiger partial charge in [-0.05, 0) is 26.8 Å². The van der Waals surface area contributed by atoms with Crippen molar-refractivity contribution in [3.05, 3.63) is 23.3 Å². The molecule has 1 unspecified atom stereocenters. The highest BCUT2D eigenvalue weighted by atomic mass is 16.1. The van der Waals surface area contributed by atoms with Gasteiger partial charge in [-0.2, -0.15) is 0 Å². The fourth-order valence-electron chi connectivity index (χ4n) is 1.19. The van der Waals surface area contributed by atoms with E-state index >= 15 is 0 Å². The van der Waals surface area contributed by atoms with Gasteiger partial charge < -0.3 is 5.73 Å². The lowest BCUT2D eigenvalue weighted by molar-refractivity contribution is -0.116. The number of ketones is 1. The average molecular weight is 193 g/mol. The molecule has 0 aromatic carbocycles. The zero-order valence-electron chi connectivity index (χ0n) is 8.74. The molecule has 4 heteroatoms. The van der Waals surface area contributed by atoms with E-state index in [4.69, 9.17) is 5.73 Å². The van der Waals surface area contributed by atoms with E-state index in [0.29, 0.717) is 5.82 Å². The van der Waals surface area contributed by atoms with Crippen LogP contribution < -0.4 is 5.73 Å². The number of rotatable bonds is 3. The minimum atomic E-state index is -0.123. The second kappa shape index (κ2) is 4.28. The van der Waals surface area contributed by atoms with Gasteiger partial charge in [0.15, 0.2) is 0 Å². The third kappa shape index (κ3) is 2.88. The summed E-state index contributed by atoms with van der Waals surface area (Å²) in [5, 5.41) is 0. The molecule has 0 amide bonds. The molecule has 1 aromatic rings. The molecule has 0 fully saturated rings. The van der Waals surface area contributed by atoms with Crippen molar-refractivity contribution in [2.24, 2.45) is 5.73 Å². The van der Waals surface area contributed by atoms with Crippen LogP contribution in [0, 0.1) is 6.92 Å². The van der Waals surface area contributed by atoms with Gasteiger partial charge in [0.25, 0.3) is 0 Å². The Morgan fingerprint density at radius 1 is 1.57 bits per heavy atom. The van der Waals surface area contributed by atoms with E-state index in [1.165, 1.54) is 6.92 Å². The maximum atomic E-state index is 10.9. The molecule has 0 bridgehead atoms. The summed E-state index contributed by atoms with van der Waals surface area (Å²) in [7, 11) is 0. The first-order valence-electron chi connectivity index (χ1n) is 4.58. The van der Waals surface area contributed by atoms with Crippen LogP contribution in [0.2, 0.25) is 0 Å². The van der Waals surface area contributed by atoms with E-state index in [0.717, 1.165) is 11.4 Å². The van der Waals surface area contributed by atoms with Gasteiger partial charge in [0.1, 0.15) is 11.6 Å². The molecule has 0 spiro atoms. The minimum Gasteiger partial charge on any atom is -0.323 e. The van der Waals surface area contributed by atoms with Crippen molar-refractivity contribution in [3.8, 4) is 0 Å². The molecule has 14 heavy (non-hydrogen) atoms. The number of aromatic nitrogens is 2. The molecule has 0 aliphatic heterocycles. The quantitative estimate of drug-likeness (QED) is 0.775. The molecular formula is C10H15N3O. The molecule has 0 radical (unpaired) electrons. The molecule has 1 heterocycles. The first-order chi connectivity index (χ1) is 6.49. The fraction of sp³-hybridized carbons (Fsp3) is 0.500. The Labute approximate surface area is 83.6 Å². The summed E-state index contributed by atoms with van der Waals surface area (Å²) >= 11 is 0. The van der Waals surface area contributed by atoms with Crippen molar-refractivity contribution in [1.82, 2.24) is 9.97 Å². The average Bonchev–Trinajstić information content (AvgIpc) is 2.01. The van der Waals surface area contributed by atoms with Gasteiger partial charge in [0.2, 0.25) is 0 Å². The van der Waals surface area contributed by atoms with E-state index in [1.54, 1.807) is 0 Å². The lowest BCUT2D eigenvalue weighted by atomic mass is 10.2. The van der Waals surface area contributed by atoms with Crippen LogP contribution in [0.25, 0.3) is 0 Å². The number of Topliss-reactive ketones (excluding diaryl/α,β-unsaturated/α-hetero) is 1. The maximum Gasteiger partial charge on any atom is 0.137 e. The molecule has 0 aliphatic carbocycles. The van der Waals surface area contributed by atoms with Crippen molar-refractivity contribution in [2.75, 3.05) is 0 Å². The Hall–Kier alpha value is -1.29. The van der Waals surface area contributed by atoms with E-state index < -0.39 is 0 Å². The van der Waals surface area contributed by atoms with Crippen LogP contribution in [-0.2, 0) is 11.2 Å². The van der Waals surface area contributed by atoms with E-state index in [9.17, 15) is 4.79 Å². The Kier molecular flexibility index (Phi) is 3.30. The van der Waals surface area contributed by atoms with Gasteiger partial charge in [0, 0.05) is 11.7 Å². The monoisotopic (exact) mass is 193 g/mol. The van der Waals surface area contributed by atoms with E-state index in [2.05, 4.69) is 9.97 Å². The van der Waals surface area contributed by atoms with Crippen molar-refractivity contribution in [3.63, 3.8) is 0 Å². The normalized spacial score (nSPS) is 12.6. The lowest BCUT2D eigenvalue weighted by Gasteiger charge is -2.07. The number of carbonyl (C=O) groups is 1. The molecule has 0 saturated heterocycles. The maximum absolute atomic E-state index is 10.9. The van der Waals surface area contributed by atoms with Gasteiger partial charge in [-0.25, -0.2) is 9.97 Å². The standard InChI is InChI=1S/C10H15N3O/c1-6-4-9(8(3)11)13-10(12-6)5-7(2)14/h4,8H,5,11H2,1-3H3. The molecule has 76 valence electrons. The fourth-order valence-corrected chi connectivity index (χ4v) is 1.19. The Balaban J connectivity index is 3.01. The van der Waals surface area contributed by atoms with Crippen molar-refractivity contribution in [2.45, 2.75) is 33.2 Å². The van der Waals surface area contributed by atoms with Crippen molar-refractivity contribution >= 4 is 5.78 Å².